The Balaban J connectivity index is 1.51. The molecule has 0 saturated heterocycles. The van der Waals surface area contributed by atoms with Gasteiger partial charge < -0.3 is 15.2 Å². The molecular formula is C32H33N3O4. The number of nitrogens with one attached hydrogen (secondary N) is 1. The van der Waals surface area contributed by atoms with E-state index in [1.807, 2.05) is 16.8 Å². The van der Waals surface area contributed by atoms with Crippen LogP contribution in [0.2, 0.25) is 0 Å². The quantitative estimate of drug-likeness (QED) is 0.326. The monoisotopic (exact) mass is 523 g/mol. The molecule has 0 radical (unpaired) electrons. The number of ether oxygens (including phenoxy) is 1. The van der Waals surface area contributed by atoms with Gasteiger partial charge in [0.1, 0.15) is 11.8 Å². The summed E-state index contributed by atoms with van der Waals surface area (Å²) in [7, 11) is 1.31. The zero-order chi connectivity index (χ0) is 27.5. The third-order valence-corrected chi connectivity index (χ3v) is 7.36. The van der Waals surface area contributed by atoms with Gasteiger partial charge in [0.2, 0.25) is 5.91 Å². The van der Waals surface area contributed by atoms with Crippen LogP contribution in [-0.2, 0) is 27.2 Å². The summed E-state index contributed by atoms with van der Waals surface area (Å²) in [4.78, 5) is 26.3. The first-order valence-corrected chi connectivity index (χ1v) is 13.3. The SMILES string of the molecule is COC(=O)C(Cc1ccc(O)cc1)NC(=O)C1CCCc2c1nn(-c1ccc(C)cc1)c2-c1ccc(C)cc1. The van der Waals surface area contributed by atoms with Crippen LogP contribution < -0.4 is 5.32 Å². The Bertz CT molecular complexity index is 1470. The summed E-state index contributed by atoms with van der Waals surface area (Å²) >= 11 is 0. The Labute approximate surface area is 228 Å². The number of amides is 1. The number of phenols is 1. The number of methoxy groups -OCH3 is 1. The van der Waals surface area contributed by atoms with E-state index in [4.69, 9.17) is 9.84 Å². The van der Waals surface area contributed by atoms with E-state index in [0.717, 1.165) is 52.2 Å². The van der Waals surface area contributed by atoms with E-state index in [1.165, 1.54) is 12.7 Å². The first kappa shape index (κ1) is 26.2. The average Bonchev–Trinajstić information content (AvgIpc) is 3.34. The lowest BCUT2D eigenvalue weighted by molar-refractivity contribution is -0.145. The van der Waals surface area contributed by atoms with Crippen LogP contribution in [-0.4, -0.2) is 39.9 Å². The highest BCUT2D eigenvalue weighted by Gasteiger charge is 2.35. The van der Waals surface area contributed by atoms with Gasteiger partial charge in [-0.25, -0.2) is 9.48 Å². The molecule has 1 aliphatic carbocycles. The number of aromatic nitrogens is 2. The van der Waals surface area contributed by atoms with Crippen molar-refractivity contribution in [2.75, 3.05) is 7.11 Å². The second kappa shape index (κ2) is 11.2. The van der Waals surface area contributed by atoms with Gasteiger partial charge in [0.15, 0.2) is 0 Å². The highest BCUT2D eigenvalue weighted by molar-refractivity contribution is 5.89. The molecule has 200 valence electrons. The van der Waals surface area contributed by atoms with Crippen molar-refractivity contribution in [3.63, 3.8) is 0 Å². The Morgan fingerprint density at radius 2 is 1.64 bits per heavy atom. The molecule has 1 amide bonds. The number of rotatable bonds is 7. The molecule has 3 aromatic carbocycles. The number of esters is 1. The molecular weight excluding hydrogens is 490 g/mol. The molecule has 1 aromatic heterocycles. The summed E-state index contributed by atoms with van der Waals surface area (Å²) in [6, 6.07) is 22.3. The van der Waals surface area contributed by atoms with Crippen LogP contribution in [0.5, 0.6) is 5.75 Å². The fraction of sp³-hybridized carbons (Fsp3) is 0.281. The maximum atomic E-state index is 13.7. The molecule has 2 unspecified atom stereocenters. The average molecular weight is 524 g/mol. The van der Waals surface area contributed by atoms with E-state index < -0.39 is 17.9 Å². The standard InChI is InChI=1S/C32H33N3O4/c1-20-7-13-23(14-8-20)30-26-5-4-6-27(29(26)34-35(30)24-15-9-21(2)10-16-24)31(37)33-28(32(38)39-3)19-22-11-17-25(36)18-12-22/h7-18,27-28,36H,4-6,19H2,1-3H3,(H,33,37). The number of carbonyl (C=O) groups excluding carboxylic acids is 2. The summed E-state index contributed by atoms with van der Waals surface area (Å²) in [5, 5.41) is 17.6. The zero-order valence-corrected chi connectivity index (χ0v) is 22.5. The molecule has 2 atom stereocenters. The first-order chi connectivity index (χ1) is 18.8. The van der Waals surface area contributed by atoms with E-state index >= 15 is 0 Å². The maximum Gasteiger partial charge on any atom is 0.328 e. The van der Waals surface area contributed by atoms with Crippen LogP contribution in [0, 0.1) is 13.8 Å². The predicted octanol–water partition coefficient (Wildman–Crippen LogP) is 5.18. The number of aromatic hydroxyl groups is 1. The summed E-state index contributed by atoms with van der Waals surface area (Å²) in [6.45, 7) is 4.11. The van der Waals surface area contributed by atoms with Crippen molar-refractivity contribution >= 4 is 11.9 Å². The Morgan fingerprint density at radius 1 is 1.00 bits per heavy atom. The van der Waals surface area contributed by atoms with Gasteiger partial charge in [-0.1, -0.05) is 59.7 Å². The zero-order valence-electron chi connectivity index (χ0n) is 22.5. The second-order valence-corrected chi connectivity index (χ2v) is 10.2. The Morgan fingerprint density at radius 3 is 2.28 bits per heavy atom. The number of carbonyl (C=O) groups is 2. The van der Waals surface area contributed by atoms with Gasteiger partial charge in [0.25, 0.3) is 0 Å². The number of benzene rings is 3. The summed E-state index contributed by atoms with van der Waals surface area (Å²) in [6.07, 6.45) is 2.56. The second-order valence-electron chi connectivity index (χ2n) is 10.2. The molecule has 4 aromatic rings. The van der Waals surface area contributed by atoms with Crippen molar-refractivity contribution in [3.05, 3.63) is 101 Å². The molecule has 0 fully saturated rings. The fourth-order valence-corrected chi connectivity index (χ4v) is 5.23. The van der Waals surface area contributed by atoms with Gasteiger partial charge in [-0.3, -0.25) is 4.79 Å². The largest absolute Gasteiger partial charge is 0.508 e. The number of phenolic OH excluding ortho intramolecular Hbond substituents is 1. The minimum atomic E-state index is -0.854. The van der Waals surface area contributed by atoms with E-state index in [-0.39, 0.29) is 18.1 Å². The lowest BCUT2D eigenvalue weighted by Crippen LogP contribution is -2.45. The van der Waals surface area contributed by atoms with Gasteiger partial charge in [0.05, 0.1) is 30.1 Å². The number of hydrogen-bond donors (Lipinski definition) is 2. The summed E-state index contributed by atoms with van der Waals surface area (Å²) in [5.41, 5.74) is 7.95. The fourth-order valence-electron chi connectivity index (χ4n) is 5.23. The lowest BCUT2D eigenvalue weighted by Gasteiger charge is -2.24. The van der Waals surface area contributed by atoms with Crippen LogP contribution in [0.3, 0.4) is 0 Å². The number of hydrogen-bond acceptors (Lipinski definition) is 5. The minimum absolute atomic E-state index is 0.140. The molecule has 2 N–H and O–H groups in total. The van der Waals surface area contributed by atoms with Crippen LogP contribution in [0.1, 0.15) is 46.7 Å². The lowest BCUT2D eigenvalue weighted by atomic mass is 9.84. The van der Waals surface area contributed by atoms with Crippen molar-refractivity contribution in [2.24, 2.45) is 0 Å². The summed E-state index contributed by atoms with van der Waals surface area (Å²) in [5.74, 6) is -1.11. The predicted molar refractivity (Wildman–Crippen MR) is 150 cm³/mol. The van der Waals surface area contributed by atoms with Crippen LogP contribution in [0.25, 0.3) is 16.9 Å². The van der Waals surface area contributed by atoms with Crippen molar-refractivity contribution < 1.29 is 19.4 Å². The molecule has 7 nitrogen and oxygen atoms in total. The maximum absolute atomic E-state index is 13.7. The van der Waals surface area contributed by atoms with E-state index in [0.29, 0.717) is 6.42 Å². The normalized spacial score (nSPS) is 15.3. The van der Waals surface area contributed by atoms with E-state index in [2.05, 4.69) is 55.6 Å². The molecule has 1 heterocycles. The van der Waals surface area contributed by atoms with Crippen LogP contribution in [0.15, 0.2) is 72.8 Å². The number of aryl methyl sites for hydroxylation is 2. The molecule has 0 spiro atoms. The molecule has 7 heteroatoms. The van der Waals surface area contributed by atoms with Crippen LogP contribution >= 0.6 is 0 Å². The van der Waals surface area contributed by atoms with Crippen molar-refractivity contribution in [1.82, 2.24) is 15.1 Å². The Kier molecular flexibility index (Phi) is 7.50. The third-order valence-electron chi connectivity index (χ3n) is 7.36. The highest BCUT2D eigenvalue weighted by atomic mass is 16.5. The van der Waals surface area contributed by atoms with Gasteiger partial charge in [-0.2, -0.15) is 5.10 Å². The van der Waals surface area contributed by atoms with Gasteiger partial charge in [0, 0.05) is 17.5 Å². The molecule has 0 aliphatic heterocycles. The van der Waals surface area contributed by atoms with Crippen molar-refractivity contribution in [2.45, 2.75) is 51.5 Å². The van der Waals surface area contributed by atoms with Gasteiger partial charge >= 0.3 is 5.97 Å². The Hall–Kier alpha value is -4.39. The molecule has 0 bridgehead atoms. The third kappa shape index (κ3) is 5.58. The molecule has 1 aliphatic rings. The van der Waals surface area contributed by atoms with E-state index in [9.17, 15) is 14.7 Å². The van der Waals surface area contributed by atoms with Crippen molar-refractivity contribution in [1.29, 1.82) is 0 Å². The smallest absolute Gasteiger partial charge is 0.328 e. The number of fused-ring (bicyclic) bond motifs is 1. The highest BCUT2D eigenvalue weighted by Crippen LogP contribution is 2.39. The molecule has 5 rings (SSSR count). The van der Waals surface area contributed by atoms with Gasteiger partial charge in [-0.05, 0) is 62.9 Å². The minimum Gasteiger partial charge on any atom is -0.508 e. The number of nitrogens with zero attached hydrogens (tertiary/aromatic N) is 2. The molecule has 0 saturated carbocycles. The topological polar surface area (TPSA) is 93.4 Å². The van der Waals surface area contributed by atoms with Gasteiger partial charge in [-0.15, -0.1) is 0 Å². The van der Waals surface area contributed by atoms with E-state index in [1.54, 1.807) is 24.3 Å². The molecule has 39 heavy (non-hydrogen) atoms. The first-order valence-electron chi connectivity index (χ1n) is 13.3. The van der Waals surface area contributed by atoms with Crippen molar-refractivity contribution in [3.8, 4) is 22.7 Å². The van der Waals surface area contributed by atoms with Crippen LogP contribution in [0.4, 0.5) is 0 Å². The summed E-state index contributed by atoms with van der Waals surface area (Å²) < 4.78 is 6.95.